The molecule has 0 aromatic heterocycles. The first kappa shape index (κ1) is 12.0. The normalized spacial score (nSPS) is 27.5. The van der Waals surface area contributed by atoms with Gasteiger partial charge in [0.15, 0.2) is 6.29 Å². The van der Waals surface area contributed by atoms with E-state index < -0.39 is 17.1 Å². The summed E-state index contributed by atoms with van der Waals surface area (Å²) in [6, 6.07) is 0. The van der Waals surface area contributed by atoms with Gasteiger partial charge in [-0.15, -0.1) is 0 Å². The number of carbonyl (C=O) groups is 2. The van der Waals surface area contributed by atoms with Gasteiger partial charge >= 0.3 is 6.09 Å². The molecule has 1 atom stereocenters. The van der Waals surface area contributed by atoms with E-state index in [9.17, 15) is 9.59 Å². The lowest BCUT2D eigenvalue weighted by Gasteiger charge is -2.45. The van der Waals surface area contributed by atoms with E-state index in [2.05, 4.69) is 0 Å². The van der Waals surface area contributed by atoms with Gasteiger partial charge in [0.25, 0.3) is 0 Å². The van der Waals surface area contributed by atoms with Crippen molar-refractivity contribution in [2.45, 2.75) is 26.4 Å². The zero-order chi connectivity index (χ0) is 11.7. The summed E-state index contributed by atoms with van der Waals surface area (Å²) >= 11 is 0. The number of hydrogen-bond acceptors (Lipinski definition) is 3. The number of hydrogen-bond donors (Lipinski definition) is 1. The number of morpholine rings is 1. The first-order valence-corrected chi connectivity index (χ1v) is 4.90. The third-order valence-electron chi connectivity index (χ3n) is 2.88. The van der Waals surface area contributed by atoms with Crippen LogP contribution in [0.15, 0.2) is 0 Å². The summed E-state index contributed by atoms with van der Waals surface area (Å²) in [7, 11) is 0. The van der Waals surface area contributed by atoms with Gasteiger partial charge in [-0.3, -0.25) is 0 Å². The van der Waals surface area contributed by atoms with Crippen LogP contribution < -0.4 is 0 Å². The number of nitrogens with zero attached hydrogens (tertiary/aromatic N) is 1. The molecule has 1 aliphatic heterocycles. The molecule has 0 aliphatic carbocycles. The van der Waals surface area contributed by atoms with Crippen LogP contribution in [0.4, 0.5) is 4.79 Å². The maximum atomic E-state index is 11.2. The summed E-state index contributed by atoms with van der Waals surface area (Å²) in [6.07, 6.45) is -0.281. The molecule has 0 bridgehead atoms. The minimum Gasteiger partial charge on any atom is -0.465 e. The lowest BCUT2D eigenvalue weighted by atomic mass is 9.76. The smallest absolute Gasteiger partial charge is 0.407 e. The Balaban J connectivity index is 2.92. The Bertz CT molecular complexity index is 271. The van der Waals surface area contributed by atoms with E-state index in [0.29, 0.717) is 6.54 Å². The molecular formula is C10H17NO4. The van der Waals surface area contributed by atoms with Gasteiger partial charge < -0.3 is 19.5 Å². The van der Waals surface area contributed by atoms with Crippen LogP contribution in [0.3, 0.4) is 0 Å². The van der Waals surface area contributed by atoms with Gasteiger partial charge in [0.1, 0.15) is 5.60 Å². The fraction of sp³-hybridized carbons (Fsp3) is 0.800. The fourth-order valence-corrected chi connectivity index (χ4v) is 1.61. The van der Waals surface area contributed by atoms with Crippen molar-refractivity contribution in [2.75, 3.05) is 19.7 Å². The summed E-state index contributed by atoms with van der Waals surface area (Å²) < 4.78 is 5.49. The molecule has 0 aromatic carbocycles. The second-order valence-electron chi connectivity index (χ2n) is 4.81. The van der Waals surface area contributed by atoms with E-state index in [1.54, 1.807) is 0 Å². The van der Waals surface area contributed by atoms with E-state index in [1.165, 1.54) is 4.90 Å². The molecule has 0 spiro atoms. The zero-order valence-electron chi connectivity index (χ0n) is 9.32. The minimum absolute atomic E-state index is 0.106. The van der Waals surface area contributed by atoms with Crippen molar-refractivity contribution in [3.8, 4) is 0 Å². The van der Waals surface area contributed by atoms with E-state index in [4.69, 9.17) is 9.84 Å². The molecule has 1 N–H and O–H groups in total. The summed E-state index contributed by atoms with van der Waals surface area (Å²) in [5.74, 6) is 0. The predicted octanol–water partition coefficient (Wildman–Crippen LogP) is 0.980. The Morgan fingerprint density at radius 1 is 1.53 bits per heavy atom. The Morgan fingerprint density at radius 2 is 2.13 bits per heavy atom. The molecule has 1 rings (SSSR count). The van der Waals surface area contributed by atoms with Gasteiger partial charge in [-0.05, 0) is 5.41 Å². The van der Waals surface area contributed by atoms with Crippen molar-refractivity contribution >= 4 is 12.4 Å². The fourth-order valence-electron chi connectivity index (χ4n) is 1.61. The second kappa shape index (κ2) is 3.81. The highest BCUT2D eigenvalue weighted by Gasteiger charge is 2.47. The number of aldehydes is 1. The molecule has 5 heteroatoms. The molecule has 1 heterocycles. The van der Waals surface area contributed by atoms with E-state index in [-0.39, 0.29) is 13.2 Å². The molecular weight excluding hydrogens is 198 g/mol. The first-order valence-electron chi connectivity index (χ1n) is 4.90. The summed E-state index contributed by atoms with van der Waals surface area (Å²) in [5.41, 5.74) is -1.44. The van der Waals surface area contributed by atoms with Crippen molar-refractivity contribution in [1.29, 1.82) is 0 Å². The molecule has 0 radical (unpaired) electrons. The van der Waals surface area contributed by atoms with Crippen molar-refractivity contribution in [3.05, 3.63) is 0 Å². The van der Waals surface area contributed by atoms with Crippen molar-refractivity contribution in [1.82, 2.24) is 4.90 Å². The first-order chi connectivity index (χ1) is 6.82. The summed E-state index contributed by atoms with van der Waals surface area (Å²) in [5, 5.41) is 8.89. The highest BCUT2D eigenvalue weighted by Crippen LogP contribution is 2.34. The average molecular weight is 215 g/mol. The quantitative estimate of drug-likeness (QED) is 0.662. The predicted molar refractivity (Wildman–Crippen MR) is 53.8 cm³/mol. The molecule has 0 aromatic rings. The second-order valence-corrected chi connectivity index (χ2v) is 4.81. The Labute approximate surface area is 89.0 Å². The maximum Gasteiger partial charge on any atom is 0.407 e. The summed E-state index contributed by atoms with van der Waals surface area (Å²) in [6.45, 7) is 6.30. The molecule has 1 amide bonds. The van der Waals surface area contributed by atoms with Crippen LogP contribution in [0, 0.1) is 5.41 Å². The van der Waals surface area contributed by atoms with Gasteiger partial charge in [0.2, 0.25) is 0 Å². The van der Waals surface area contributed by atoms with E-state index in [0.717, 1.165) is 6.29 Å². The van der Waals surface area contributed by atoms with Crippen molar-refractivity contribution in [3.63, 3.8) is 0 Å². The molecule has 1 aliphatic rings. The van der Waals surface area contributed by atoms with Gasteiger partial charge in [0.05, 0.1) is 13.2 Å². The minimum atomic E-state index is -1.02. The summed E-state index contributed by atoms with van der Waals surface area (Å²) in [4.78, 5) is 23.2. The SMILES string of the molecule is CC(C)(C)C1(C=O)CN(C(=O)O)CCO1. The zero-order valence-corrected chi connectivity index (χ0v) is 9.32. The highest BCUT2D eigenvalue weighted by atomic mass is 16.5. The standard InChI is InChI=1S/C10H17NO4/c1-9(2,3)10(7-12)6-11(8(13)14)4-5-15-10/h7H,4-6H2,1-3H3,(H,13,14). The van der Waals surface area contributed by atoms with Crippen LogP contribution in [0.2, 0.25) is 0 Å². The molecule has 1 fully saturated rings. The number of carbonyl (C=O) groups excluding carboxylic acids is 1. The van der Waals surface area contributed by atoms with Crippen LogP contribution >= 0.6 is 0 Å². The third-order valence-corrected chi connectivity index (χ3v) is 2.88. The van der Waals surface area contributed by atoms with Crippen molar-refractivity contribution in [2.24, 2.45) is 5.41 Å². The van der Waals surface area contributed by atoms with Crippen LogP contribution in [0.5, 0.6) is 0 Å². The van der Waals surface area contributed by atoms with Crippen LogP contribution in [0.25, 0.3) is 0 Å². The molecule has 86 valence electrons. The Morgan fingerprint density at radius 3 is 2.53 bits per heavy atom. The van der Waals surface area contributed by atoms with E-state index >= 15 is 0 Å². The highest BCUT2D eigenvalue weighted by molar-refractivity contribution is 5.70. The molecule has 15 heavy (non-hydrogen) atoms. The monoisotopic (exact) mass is 215 g/mol. The number of carboxylic acid groups (broad SMARTS) is 1. The van der Waals surface area contributed by atoms with Gasteiger partial charge in [-0.1, -0.05) is 20.8 Å². The average Bonchev–Trinajstić information content (AvgIpc) is 2.16. The van der Waals surface area contributed by atoms with E-state index in [1.807, 2.05) is 20.8 Å². The lowest BCUT2D eigenvalue weighted by Crippen LogP contribution is -2.60. The van der Waals surface area contributed by atoms with Gasteiger partial charge in [0, 0.05) is 6.54 Å². The number of rotatable bonds is 1. The number of amides is 1. The molecule has 5 nitrogen and oxygen atoms in total. The van der Waals surface area contributed by atoms with Crippen LogP contribution in [-0.2, 0) is 9.53 Å². The topological polar surface area (TPSA) is 66.8 Å². The van der Waals surface area contributed by atoms with Crippen LogP contribution in [-0.4, -0.2) is 47.7 Å². The lowest BCUT2D eigenvalue weighted by molar-refractivity contribution is -0.166. The van der Waals surface area contributed by atoms with Gasteiger partial charge in [-0.2, -0.15) is 0 Å². The largest absolute Gasteiger partial charge is 0.465 e. The molecule has 1 saturated heterocycles. The number of ether oxygens (including phenoxy) is 1. The Kier molecular flexibility index (Phi) is 3.04. The van der Waals surface area contributed by atoms with Crippen molar-refractivity contribution < 1.29 is 19.4 Å². The Hall–Kier alpha value is -1.10. The molecule has 1 unspecified atom stereocenters. The third kappa shape index (κ3) is 2.12. The van der Waals surface area contributed by atoms with Crippen LogP contribution in [0.1, 0.15) is 20.8 Å². The molecule has 0 saturated carbocycles. The maximum absolute atomic E-state index is 11.2. The van der Waals surface area contributed by atoms with Gasteiger partial charge in [-0.25, -0.2) is 4.79 Å².